The minimum atomic E-state index is -2.87. The molecule has 1 saturated heterocycles. The Balaban J connectivity index is 0.00000242. The summed E-state index contributed by atoms with van der Waals surface area (Å²) in [6, 6.07) is -0.0337. The van der Waals surface area contributed by atoms with Crippen molar-refractivity contribution in [2.75, 3.05) is 25.1 Å². The van der Waals surface area contributed by atoms with Crippen LogP contribution < -0.4 is 10.6 Å². The van der Waals surface area contributed by atoms with E-state index >= 15 is 0 Å². The maximum absolute atomic E-state index is 11.4. The lowest BCUT2D eigenvalue weighted by molar-refractivity contribution is 0.599. The first kappa shape index (κ1) is 19.6. The quantitative estimate of drug-likeness (QED) is 0.404. The van der Waals surface area contributed by atoms with Crippen LogP contribution in [0, 0.1) is 13.8 Å². The Labute approximate surface area is 153 Å². The van der Waals surface area contributed by atoms with E-state index in [-0.39, 0.29) is 41.5 Å². The van der Waals surface area contributed by atoms with Crippen molar-refractivity contribution in [3.63, 3.8) is 0 Å². The molecule has 126 valence electrons. The maximum atomic E-state index is 11.4. The number of aliphatic imine (C=N–C) groups is 1. The second-order valence-electron chi connectivity index (χ2n) is 5.23. The zero-order valence-electron chi connectivity index (χ0n) is 13.0. The van der Waals surface area contributed by atoms with Crippen LogP contribution in [-0.2, 0) is 16.3 Å². The number of aryl methyl sites for hydroxylation is 2. The van der Waals surface area contributed by atoms with Gasteiger partial charge in [0.05, 0.1) is 22.2 Å². The van der Waals surface area contributed by atoms with Crippen LogP contribution in [0.1, 0.15) is 22.0 Å². The third-order valence-corrected chi connectivity index (χ3v) is 6.34. The van der Waals surface area contributed by atoms with Crippen LogP contribution in [0.3, 0.4) is 0 Å². The van der Waals surface area contributed by atoms with Gasteiger partial charge in [-0.1, -0.05) is 0 Å². The van der Waals surface area contributed by atoms with Crippen molar-refractivity contribution < 1.29 is 8.42 Å². The van der Waals surface area contributed by atoms with Crippen molar-refractivity contribution in [2.45, 2.75) is 32.7 Å². The predicted octanol–water partition coefficient (Wildman–Crippen LogP) is 1.27. The molecule has 22 heavy (non-hydrogen) atoms. The highest BCUT2D eigenvalue weighted by Crippen LogP contribution is 2.17. The van der Waals surface area contributed by atoms with Crippen LogP contribution in [0.25, 0.3) is 0 Å². The predicted molar refractivity (Wildman–Crippen MR) is 102 cm³/mol. The van der Waals surface area contributed by atoms with E-state index in [1.54, 1.807) is 18.4 Å². The van der Waals surface area contributed by atoms with Crippen molar-refractivity contribution in [3.05, 3.63) is 15.6 Å². The lowest BCUT2D eigenvalue weighted by Crippen LogP contribution is -2.44. The second kappa shape index (κ2) is 8.44. The third kappa shape index (κ3) is 5.65. The molecule has 0 aliphatic carbocycles. The fraction of sp³-hybridized carbons (Fsp3) is 0.692. The molecule has 1 aliphatic rings. The number of nitrogens with zero attached hydrogens (tertiary/aromatic N) is 2. The van der Waals surface area contributed by atoms with Crippen molar-refractivity contribution in [3.8, 4) is 0 Å². The highest BCUT2D eigenvalue weighted by molar-refractivity contribution is 14.0. The van der Waals surface area contributed by atoms with Gasteiger partial charge in [0.2, 0.25) is 0 Å². The minimum Gasteiger partial charge on any atom is -0.356 e. The van der Waals surface area contributed by atoms with Crippen molar-refractivity contribution in [1.29, 1.82) is 0 Å². The number of aromatic nitrogens is 1. The second-order valence-corrected chi connectivity index (χ2v) is 8.75. The number of thiazole rings is 1. The van der Waals surface area contributed by atoms with Crippen molar-refractivity contribution in [2.24, 2.45) is 4.99 Å². The highest BCUT2D eigenvalue weighted by atomic mass is 127. The topological polar surface area (TPSA) is 83.4 Å². The molecule has 1 aromatic heterocycles. The molecule has 2 N–H and O–H groups in total. The van der Waals surface area contributed by atoms with Gasteiger partial charge in [-0.3, -0.25) is 4.99 Å². The minimum absolute atomic E-state index is 0. The molecule has 2 heterocycles. The fourth-order valence-electron chi connectivity index (χ4n) is 2.40. The monoisotopic (exact) mass is 458 g/mol. The Bertz CT molecular complexity index is 628. The molecule has 1 atom stereocenters. The lowest BCUT2D eigenvalue weighted by atomic mass is 10.3. The molecule has 1 unspecified atom stereocenters. The molecular formula is C13H23IN4O2S2. The molecule has 0 bridgehead atoms. The molecule has 0 spiro atoms. The Morgan fingerprint density at radius 3 is 2.68 bits per heavy atom. The molecule has 9 heteroatoms. The molecule has 1 fully saturated rings. The first-order valence-electron chi connectivity index (χ1n) is 7.00. The van der Waals surface area contributed by atoms with Crippen LogP contribution in [0.2, 0.25) is 0 Å². The summed E-state index contributed by atoms with van der Waals surface area (Å²) in [7, 11) is -1.17. The van der Waals surface area contributed by atoms with Crippen LogP contribution in [0.15, 0.2) is 4.99 Å². The summed E-state index contributed by atoms with van der Waals surface area (Å²) in [5, 5.41) is 7.49. The number of hydrogen-bond donors (Lipinski definition) is 2. The van der Waals surface area contributed by atoms with Crippen LogP contribution in [0.5, 0.6) is 0 Å². The molecular weight excluding hydrogens is 435 g/mol. The number of nitrogens with one attached hydrogen (secondary N) is 2. The first-order chi connectivity index (χ1) is 9.89. The molecule has 0 aromatic carbocycles. The average molecular weight is 458 g/mol. The Hall–Kier alpha value is -0.420. The zero-order valence-corrected chi connectivity index (χ0v) is 17.0. The van der Waals surface area contributed by atoms with Crippen LogP contribution >= 0.6 is 35.3 Å². The Kier molecular flexibility index (Phi) is 7.53. The van der Waals surface area contributed by atoms with E-state index in [4.69, 9.17) is 0 Å². The smallest absolute Gasteiger partial charge is 0.191 e. The summed E-state index contributed by atoms with van der Waals surface area (Å²) < 4.78 is 22.9. The molecule has 2 rings (SSSR count). The molecule has 0 radical (unpaired) electrons. The van der Waals surface area contributed by atoms with Gasteiger partial charge in [-0.2, -0.15) is 0 Å². The number of rotatable bonds is 4. The van der Waals surface area contributed by atoms with E-state index < -0.39 is 9.84 Å². The largest absolute Gasteiger partial charge is 0.356 e. The van der Waals surface area contributed by atoms with Gasteiger partial charge in [0.1, 0.15) is 0 Å². The van der Waals surface area contributed by atoms with Gasteiger partial charge in [0, 0.05) is 30.9 Å². The van der Waals surface area contributed by atoms with E-state index in [0.29, 0.717) is 12.4 Å². The Morgan fingerprint density at radius 1 is 1.45 bits per heavy atom. The van der Waals surface area contributed by atoms with Gasteiger partial charge in [0.25, 0.3) is 0 Å². The van der Waals surface area contributed by atoms with E-state index in [0.717, 1.165) is 23.7 Å². The SMILES string of the molecule is CN=C(NCCc1sc(C)nc1C)NC1CCS(=O)(=O)C1.I. The average Bonchev–Trinajstić information content (AvgIpc) is 2.90. The van der Waals surface area contributed by atoms with Gasteiger partial charge >= 0.3 is 0 Å². The number of halogens is 1. The van der Waals surface area contributed by atoms with Gasteiger partial charge in [-0.25, -0.2) is 13.4 Å². The molecule has 1 aliphatic heterocycles. The molecule has 0 amide bonds. The molecule has 6 nitrogen and oxygen atoms in total. The third-order valence-electron chi connectivity index (χ3n) is 3.44. The van der Waals surface area contributed by atoms with E-state index in [1.807, 2.05) is 13.8 Å². The molecule has 1 aromatic rings. The molecule has 0 saturated carbocycles. The maximum Gasteiger partial charge on any atom is 0.191 e. The van der Waals surface area contributed by atoms with E-state index in [2.05, 4.69) is 20.6 Å². The van der Waals surface area contributed by atoms with Crippen LogP contribution in [-0.4, -0.2) is 50.5 Å². The summed E-state index contributed by atoms with van der Waals surface area (Å²) in [5.41, 5.74) is 1.09. The van der Waals surface area contributed by atoms with Crippen LogP contribution in [0.4, 0.5) is 0 Å². The Morgan fingerprint density at radius 2 is 2.18 bits per heavy atom. The summed E-state index contributed by atoms with van der Waals surface area (Å²) in [6.45, 7) is 4.78. The fourth-order valence-corrected chi connectivity index (χ4v) is 5.01. The standard InChI is InChI=1S/C13H22N4O2S2.HI/c1-9-12(20-10(2)16-9)4-6-15-13(14-3)17-11-5-7-21(18,19)8-11;/h11H,4-8H2,1-3H3,(H2,14,15,17);1H. The van der Waals surface area contributed by atoms with Gasteiger partial charge in [-0.15, -0.1) is 35.3 Å². The summed E-state index contributed by atoms with van der Waals surface area (Å²) in [5.74, 6) is 1.12. The van der Waals surface area contributed by atoms with Gasteiger partial charge in [0.15, 0.2) is 15.8 Å². The number of guanidine groups is 1. The van der Waals surface area contributed by atoms with Crippen molar-refractivity contribution in [1.82, 2.24) is 15.6 Å². The van der Waals surface area contributed by atoms with E-state index in [1.165, 1.54) is 4.88 Å². The summed E-state index contributed by atoms with van der Waals surface area (Å²) in [4.78, 5) is 9.83. The number of sulfone groups is 1. The summed E-state index contributed by atoms with van der Waals surface area (Å²) in [6.07, 6.45) is 1.54. The van der Waals surface area contributed by atoms with Gasteiger partial charge < -0.3 is 10.6 Å². The van der Waals surface area contributed by atoms with Gasteiger partial charge in [-0.05, 0) is 20.3 Å². The zero-order chi connectivity index (χ0) is 15.5. The van der Waals surface area contributed by atoms with Crippen molar-refractivity contribution >= 4 is 51.1 Å². The van der Waals surface area contributed by atoms with E-state index in [9.17, 15) is 8.42 Å². The number of hydrogen-bond acceptors (Lipinski definition) is 5. The highest BCUT2D eigenvalue weighted by Gasteiger charge is 2.28. The first-order valence-corrected chi connectivity index (χ1v) is 9.64. The summed E-state index contributed by atoms with van der Waals surface area (Å²) >= 11 is 1.72. The normalized spacial score (nSPS) is 20.5. The lowest BCUT2D eigenvalue weighted by Gasteiger charge is -2.15.